The summed E-state index contributed by atoms with van der Waals surface area (Å²) in [5.41, 5.74) is 0. The van der Waals surface area contributed by atoms with Crippen LogP contribution in [-0.4, -0.2) is 29.1 Å². The average Bonchev–Trinajstić information content (AvgIpc) is 3.03. The van der Waals surface area contributed by atoms with Gasteiger partial charge in [-0.15, -0.1) is 0 Å². The first kappa shape index (κ1) is 14.7. The summed E-state index contributed by atoms with van der Waals surface area (Å²) >= 11 is 0. The molecule has 2 unspecified atom stereocenters. The molecule has 1 heterocycles. The summed E-state index contributed by atoms with van der Waals surface area (Å²) < 4.78 is 5.38. The van der Waals surface area contributed by atoms with Crippen molar-refractivity contribution in [3.8, 4) is 11.8 Å². The molecule has 0 aromatic carbocycles. The van der Waals surface area contributed by atoms with Gasteiger partial charge in [-0.1, -0.05) is 38.0 Å². The van der Waals surface area contributed by atoms with E-state index in [0.717, 1.165) is 6.42 Å². The van der Waals surface area contributed by atoms with Gasteiger partial charge in [-0.3, -0.25) is 9.59 Å². The highest BCUT2D eigenvalue weighted by atomic mass is 16.6. The first-order valence-corrected chi connectivity index (χ1v) is 6.50. The van der Waals surface area contributed by atoms with Gasteiger partial charge in [0.05, 0.1) is 6.10 Å². The minimum absolute atomic E-state index is 0.0384. The molecule has 0 aliphatic carbocycles. The zero-order chi connectivity index (χ0) is 13.4. The van der Waals surface area contributed by atoms with Crippen LogP contribution in [0.15, 0.2) is 0 Å². The lowest BCUT2D eigenvalue weighted by atomic mass is 10.1. The molecule has 1 rings (SSSR count). The molecule has 100 valence electrons. The van der Waals surface area contributed by atoms with Gasteiger partial charge in [0, 0.05) is 12.8 Å². The molecule has 1 aliphatic heterocycles. The van der Waals surface area contributed by atoms with E-state index in [4.69, 9.17) is 9.84 Å². The summed E-state index contributed by atoms with van der Waals surface area (Å²) in [5.74, 6) is 4.51. The second kappa shape index (κ2) is 7.88. The average molecular weight is 252 g/mol. The largest absolute Gasteiger partial charge is 0.481 e. The van der Waals surface area contributed by atoms with Gasteiger partial charge >= 0.3 is 5.97 Å². The maximum absolute atomic E-state index is 11.1. The zero-order valence-corrected chi connectivity index (χ0v) is 10.8. The maximum Gasteiger partial charge on any atom is 0.310 e. The van der Waals surface area contributed by atoms with Gasteiger partial charge in [-0.2, -0.15) is 0 Å². The van der Waals surface area contributed by atoms with Crippen molar-refractivity contribution >= 4 is 11.8 Å². The number of rotatable bonds is 8. The van der Waals surface area contributed by atoms with Crippen LogP contribution in [0.5, 0.6) is 0 Å². The summed E-state index contributed by atoms with van der Waals surface area (Å²) in [4.78, 5) is 21.3. The van der Waals surface area contributed by atoms with E-state index >= 15 is 0 Å². The van der Waals surface area contributed by atoms with E-state index in [2.05, 4.69) is 18.8 Å². The monoisotopic (exact) mass is 252 g/mol. The molecule has 1 aliphatic rings. The van der Waals surface area contributed by atoms with Crippen LogP contribution in [0.2, 0.25) is 0 Å². The second-order valence-corrected chi connectivity index (χ2v) is 4.52. The molecule has 0 spiro atoms. The Kier molecular flexibility index (Phi) is 6.45. The summed E-state index contributed by atoms with van der Waals surface area (Å²) in [5, 5.41) is 8.40. The van der Waals surface area contributed by atoms with E-state index in [0.29, 0.717) is 6.42 Å². The summed E-state index contributed by atoms with van der Waals surface area (Å²) in [7, 11) is 0. The van der Waals surface area contributed by atoms with E-state index in [1.54, 1.807) is 0 Å². The Hall–Kier alpha value is -1.34. The lowest BCUT2D eigenvalue weighted by molar-refractivity contribution is -0.140. The van der Waals surface area contributed by atoms with Crippen LogP contribution in [0.3, 0.4) is 0 Å². The number of Topliss-reactive ketones (excluding diaryl/α,β-unsaturated/α-hetero) is 1. The Morgan fingerprint density at radius 2 is 2.11 bits per heavy atom. The predicted octanol–water partition coefficient (Wildman–Crippen LogP) is 2.16. The fourth-order valence-electron chi connectivity index (χ4n) is 1.72. The number of carbonyl (C=O) groups is 2. The number of carbonyl (C=O) groups excluding carboxylic acids is 1. The number of carboxylic acids is 1. The highest BCUT2D eigenvalue weighted by Gasteiger charge is 2.36. The molecule has 1 N–H and O–H groups in total. The molecule has 0 aromatic heterocycles. The summed E-state index contributed by atoms with van der Waals surface area (Å²) in [6.45, 7) is 2.17. The second-order valence-electron chi connectivity index (χ2n) is 4.52. The third kappa shape index (κ3) is 6.41. The van der Waals surface area contributed by atoms with Crippen molar-refractivity contribution in [3.05, 3.63) is 0 Å². The molecule has 1 saturated heterocycles. The number of epoxide rings is 1. The van der Waals surface area contributed by atoms with Crippen molar-refractivity contribution < 1.29 is 19.4 Å². The number of hydrogen-bond acceptors (Lipinski definition) is 3. The molecular weight excluding hydrogens is 232 g/mol. The third-order valence-electron chi connectivity index (χ3n) is 2.80. The molecular formula is C14H20O4. The predicted molar refractivity (Wildman–Crippen MR) is 67.1 cm³/mol. The molecule has 0 saturated carbocycles. The fourth-order valence-corrected chi connectivity index (χ4v) is 1.72. The number of ketones is 1. The molecule has 0 aromatic rings. The van der Waals surface area contributed by atoms with Crippen molar-refractivity contribution in [3.63, 3.8) is 0 Å². The lowest BCUT2D eigenvalue weighted by Gasteiger charge is -1.92. The topological polar surface area (TPSA) is 66.9 Å². The van der Waals surface area contributed by atoms with Crippen molar-refractivity contribution in [1.29, 1.82) is 0 Å². The number of carboxylic acid groups (broad SMARTS) is 1. The van der Waals surface area contributed by atoms with E-state index in [9.17, 15) is 9.59 Å². The van der Waals surface area contributed by atoms with Crippen molar-refractivity contribution in [2.24, 2.45) is 0 Å². The van der Waals surface area contributed by atoms with Gasteiger partial charge in [-0.05, 0) is 6.42 Å². The molecule has 4 heteroatoms. The standard InChI is InChI=1S/C14H20O4/c1-2-3-4-8-12-13(18-12)9-6-5-7-11(15)10-14(16)17/h12-13H,2-5,7-8,10H2,1H3,(H,16,17). The Balaban J connectivity index is 2.06. The zero-order valence-electron chi connectivity index (χ0n) is 10.8. The molecule has 0 radical (unpaired) electrons. The molecule has 0 bridgehead atoms. The number of ether oxygens (including phenoxy) is 1. The Morgan fingerprint density at radius 3 is 2.78 bits per heavy atom. The van der Waals surface area contributed by atoms with Crippen LogP contribution in [0.1, 0.15) is 51.9 Å². The van der Waals surface area contributed by atoms with Crippen LogP contribution in [0.4, 0.5) is 0 Å². The van der Waals surface area contributed by atoms with Crippen LogP contribution >= 0.6 is 0 Å². The number of aliphatic carboxylic acids is 1. The molecule has 2 atom stereocenters. The van der Waals surface area contributed by atoms with E-state index < -0.39 is 12.4 Å². The Labute approximate surface area is 108 Å². The quantitative estimate of drug-likeness (QED) is 0.311. The highest BCUT2D eigenvalue weighted by Crippen LogP contribution is 2.26. The van der Waals surface area contributed by atoms with Crippen LogP contribution in [-0.2, 0) is 14.3 Å². The first-order chi connectivity index (χ1) is 8.63. The Bertz CT molecular complexity index is 351. The van der Waals surface area contributed by atoms with Gasteiger partial charge in [0.15, 0.2) is 0 Å². The number of unbranched alkanes of at least 4 members (excludes halogenated alkanes) is 2. The van der Waals surface area contributed by atoms with E-state index in [1.807, 2.05) is 0 Å². The lowest BCUT2D eigenvalue weighted by Crippen LogP contribution is -2.05. The van der Waals surface area contributed by atoms with Crippen molar-refractivity contribution in [2.75, 3.05) is 0 Å². The van der Waals surface area contributed by atoms with Crippen molar-refractivity contribution in [2.45, 2.75) is 64.1 Å². The highest BCUT2D eigenvalue weighted by molar-refractivity contribution is 5.94. The summed E-state index contributed by atoms with van der Waals surface area (Å²) in [6.07, 6.45) is 5.22. The first-order valence-electron chi connectivity index (χ1n) is 6.50. The summed E-state index contributed by atoms with van der Waals surface area (Å²) in [6, 6.07) is 0. The minimum Gasteiger partial charge on any atom is -0.481 e. The van der Waals surface area contributed by atoms with Gasteiger partial charge in [0.1, 0.15) is 18.3 Å². The molecule has 0 amide bonds. The van der Waals surface area contributed by atoms with Crippen LogP contribution in [0.25, 0.3) is 0 Å². The van der Waals surface area contributed by atoms with Gasteiger partial charge in [0.25, 0.3) is 0 Å². The smallest absolute Gasteiger partial charge is 0.310 e. The third-order valence-corrected chi connectivity index (χ3v) is 2.80. The molecule has 18 heavy (non-hydrogen) atoms. The SMILES string of the molecule is CCCCCC1OC1C#CCCC(=O)CC(=O)O. The van der Waals surface area contributed by atoms with E-state index in [-0.39, 0.29) is 24.4 Å². The van der Waals surface area contributed by atoms with Gasteiger partial charge < -0.3 is 9.84 Å². The van der Waals surface area contributed by atoms with E-state index in [1.165, 1.54) is 19.3 Å². The fraction of sp³-hybridized carbons (Fsp3) is 0.714. The van der Waals surface area contributed by atoms with Gasteiger partial charge in [0.2, 0.25) is 0 Å². The molecule has 1 fully saturated rings. The maximum atomic E-state index is 11.1. The normalized spacial score (nSPS) is 20.9. The minimum atomic E-state index is -1.07. The van der Waals surface area contributed by atoms with Gasteiger partial charge in [-0.25, -0.2) is 0 Å². The van der Waals surface area contributed by atoms with Crippen molar-refractivity contribution in [1.82, 2.24) is 0 Å². The number of hydrogen-bond donors (Lipinski definition) is 1. The van der Waals surface area contributed by atoms with Crippen LogP contribution < -0.4 is 0 Å². The molecule has 4 nitrogen and oxygen atoms in total. The van der Waals surface area contributed by atoms with Crippen LogP contribution in [0, 0.1) is 11.8 Å². The Morgan fingerprint density at radius 1 is 1.33 bits per heavy atom.